The van der Waals surface area contributed by atoms with Crippen LogP contribution in [0, 0.1) is 0 Å². The Morgan fingerprint density at radius 3 is 2.59 bits per heavy atom. The molecule has 2 N–H and O–H groups in total. The third-order valence-electron chi connectivity index (χ3n) is 4.12. The van der Waals surface area contributed by atoms with Gasteiger partial charge in [-0.2, -0.15) is 0 Å². The Morgan fingerprint density at radius 1 is 1.33 bits per heavy atom. The molecule has 0 spiro atoms. The average Bonchev–Trinajstić information content (AvgIpc) is 2.98. The van der Waals surface area contributed by atoms with Gasteiger partial charge in [-0.05, 0) is 24.1 Å². The van der Waals surface area contributed by atoms with Gasteiger partial charge in [0, 0.05) is 12.1 Å². The number of fused-ring (bicyclic) bond motifs is 1. The maximum Gasteiger partial charge on any atom is 0.329 e. The molecule has 0 aliphatic carbocycles. The molecular formula is C17H17ClN4O4S. The van der Waals surface area contributed by atoms with Crippen LogP contribution in [0.1, 0.15) is 18.9 Å². The zero-order chi connectivity index (χ0) is 19.7. The van der Waals surface area contributed by atoms with E-state index < -0.39 is 22.5 Å². The first-order valence-corrected chi connectivity index (χ1v) is 9.41. The van der Waals surface area contributed by atoms with E-state index >= 15 is 0 Å². The lowest BCUT2D eigenvalue weighted by Crippen LogP contribution is -2.29. The van der Waals surface area contributed by atoms with Crippen molar-refractivity contribution in [2.24, 2.45) is 7.05 Å². The van der Waals surface area contributed by atoms with Crippen LogP contribution < -0.4 is 11.2 Å². The second-order valence-corrected chi connectivity index (χ2v) is 7.56. The number of H-pyrrole nitrogens is 1. The van der Waals surface area contributed by atoms with Gasteiger partial charge in [0.15, 0.2) is 16.3 Å². The lowest BCUT2D eigenvalue weighted by Gasteiger charge is -2.12. The molecule has 0 aliphatic heterocycles. The van der Waals surface area contributed by atoms with Crippen LogP contribution in [-0.2, 0) is 18.4 Å². The molecule has 0 radical (unpaired) electrons. The molecule has 1 aromatic carbocycles. The van der Waals surface area contributed by atoms with Crippen molar-refractivity contribution in [1.29, 1.82) is 0 Å². The summed E-state index contributed by atoms with van der Waals surface area (Å²) in [5.41, 5.74) is 0.141. The molecule has 0 aliphatic rings. The van der Waals surface area contributed by atoms with Crippen molar-refractivity contribution in [1.82, 2.24) is 19.1 Å². The van der Waals surface area contributed by atoms with E-state index in [0.717, 1.165) is 17.3 Å². The van der Waals surface area contributed by atoms with Gasteiger partial charge in [0.1, 0.15) is 5.25 Å². The van der Waals surface area contributed by atoms with Crippen molar-refractivity contribution in [3.63, 3.8) is 0 Å². The van der Waals surface area contributed by atoms with E-state index in [4.69, 9.17) is 11.6 Å². The van der Waals surface area contributed by atoms with Gasteiger partial charge in [-0.25, -0.2) is 9.78 Å². The number of carbonyl (C=O) groups is 1. The van der Waals surface area contributed by atoms with E-state index in [1.807, 2.05) is 12.1 Å². The highest BCUT2D eigenvalue weighted by Gasteiger charge is 2.23. The van der Waals surface area contributed by atoms with Crippen molar-refractivity contribution in [2.45, 2.75) is 30.3 Å². The molecule has 0 amide bonds. The number of aliphatic carboxylic acids is 1. The lowest BCUT2D eigenvalue weighted by atomic mass is 10.2. The van der Waals surface area contributed by atoms with Crippen LogP contribution in [0.25, 0.3) is 11.2 Å². The van der Waals surface area contributed by atoms with Crippen LogP contribution in [0.2, 0.25) is 5.02 Å². The highest BCUT2D eigenvalue weighted by molar-refractivity contribution is 8.00. The van der Waals surface area contributed by atoms with Crippen LogP contribution in [0.5, 0.6) is 0 Å². The largest absolute Gasteiger partial charge is 0.480 e. The number of hydrogen-bond donors (Lipinski definition) is 2. The molecule has 1 atom stereocenters. The van der Waals surface area contributed by atoms with Gasteiger partial charge in [-0.15, -0.1) is 0 Å². The number of aromatic nitrogens is 4. The SMILES string of the molecule is CCC(Sc1nc2c(c(=O)[nH]c(=O)n2C)n1Cc1ccc(Cl)cc1)C(=O)O. The van der Waals surface area contributed by atoms with Crippen LogP contribution in [0.15, 0.2) is 39.0 Å². The summed E-state index contributed by atoms with van der Waals surface area (Å²) in [6, 6.07) is 7.09. The Labute approximate surface area is 162 Å². The lowest BCUT2D eigenvalue weighted by molar-refractivity contribution is -0.136. The smallest absolute Gasteiger partial charge is 0.329 e. The molecule has 0 fully saturated rings. The molecule has 142 valence electrons. The van der Waals surface area contributed by atoms with E-state index in [2.05, 4.69) is 9.97 Å². The Balaban J connectivity index is 2.20. The summed E-state index contributed by atoms with van der Waals surface area (Å²) in [7, 11) is 1.50. The first kappa shape index (κ1) is 19.2. The highest BCUT2D eigenvalue weighted by Crippen LogP contribution is 2.28. The number of imidazole rings is 1. The molecule has 3 rings (SSSR count). The summed E-state index contributed by atoms with van der Waals surface area (Å²) in [5.74, 6) is -0.963. The molecule has 27 heavy (non-hydrogen) atoms. The van der Waals surface area contributed by atoms with Gasteiger partial charge in [-0.3, -0.25) is 19.1 Å². The zero-order valence-electron chi connectivity index (χ0n) is 14.6. The normalized spacial score (nSPS) is 12.4. The maximum atomic E-state index is 12.4. The first-order valence-electron chi connectivity index (χ1n) is 8.15. The number of hydrogen-bond acceptors (Lipinski definition) is 5. The van der Waals surface area contributed by atoms with E-state index in [9.17, 15) is 19.5 Å². The number of carboxylic acid groups (broad SMARTS) is 1. The van der Waals surface area contributed by atoms with E-state index in [1.165, 1.54) is 11.6 Å². The number of aryl methyl sites for hydroxylation is 1. The number of halogens is 1. The van der Waals surface area contributed by atoms with Gasteiger partial charge >= 0.3 is 11.7 Å². The zero-order valence-corrected chi connectivity index (χ0v) is 16.2. The summed E-state index contributed by atoms with van der Waals surface area (Å²) in [4.78, 5) is 42.5. The summed E-state index contributed by atoms with van der Waals surface area (Å²) in [5, 5.41) is 9.60. The van der Waals surface area contributed by atoms with E-state index in [-0.39, 0.29) is 17.7 Å². The number of nitrogens with zero attached hydrogens (tertiary/aromatic N) is 3. The van der Waals surface area contributed by atoms with Gasteiger partial charge in [-0.1, -0.05) is 42.4 Å². The monoisotopic (exact) mass is 408 g/mol. The van der Waals surface area contributed by atoms with Crippen LogP contribution in [0.3, 0.4) is 0 Å². The van der Waals surface area contributed by atoms with Crippen molar-refractivity contribution in [3.05, 3.63) is 55.7 Å². The van der Waals surface area contributed by atoms with Crippen molar-refractivity contribution < 1.29 is 9.90 Å². The van der Waals surface area contributed by atoms with Crippen molar-refractivity contribution in [3.8, 4) is 0 Å². The number of nitrogens with one attached hydrogen (secondary N) is 1. The Hall–Kier alpha value is -2.52. The summed E-state index contributed by atoms with van der Waals surface area (Å²) >= 11 is 6.98. The summed E-state index contributed by atoms with van der Waals surface area (Å²) < 4.78 is 2.87. The van der Waals surface area contributed by atoms with E-state index in [1.54, 1.807) is 23.6 Å². The van der Waals surface area contributed by atoms with Gasteiger partial charge in [0.25, 0.3) is 5.56 Å². The Bertz CT molecular complexity index is 1120. The molecule has 0 saturated heterocycles. The molecule has 2 heterocycles. The van der Waals surface area contributed by atoms with Crippen LogP contribution in [0.4, 0.5) is 0 Å². The Kier molecular flexibility index (Phi) is 5.43. The third-order valence-corrected chi connectivity index (χ3v) is 5.71. The number of carboxylic acids is 1. The fourth-order valence-electron chi connectivity index (χ4n) is 2.66. The predicted octanol–water partition coefficient (Wildman–Crippen LogP) is 2.08. The molecule has 3 aromatic rings. The second-order valence-electron chi connectivity index (χ2n) is 5.95. The average molecular weight is 409 g/mol. The predicted molar refractivity (Wildman–Crippen MR) is 104 cm³/mol. The topological polar surface area (TPSA) is 110 Å². The van der Waals surface area contributed by atoms with Gasteiger partial charge in [0.2, 0.25) is 0 Å². The molecule has 2 aromatic heterocycles. The van der Waals surface area contributed by atoms with Crippen LogP contribution in [-0.4, -0.2) is 35.4 Å². The quantitative estimate of drug-likeness (QED) is 0.604. The molecule has 0 saturated carbocycles. The fraction of sp³-hybridized carbons (Fsp3) is 0.294. The number of thioether (sulfide) groups is 1. The summed E-state index contributed by atoms with van der Waals surface area (Å²) in [6.07, 6.45) is 0.388. The fourth-order valence-corrected chi connectivity index (χ4v) is 3.73. The van der Waals surface area contributed by atoms with Crippen molar-refractivity contribution in [2.75, 3.05) is 0 Å². The molecular weight excluding hydrogens is 392 g/mol. The minimum Gasteiger partial charge on any atom is -0.480 e. The summed E-state index contributed by atoms with van der Waals surface area (Å²) in [6.45, 7) is 2.05. The minimum atomic E-state index is -0.963. The molecule has 1 unspecified atom stereocenters. The third kappa shape index (κ3) is 3.79. The number of aromatic amines is 1. The van der Waals surface area contributed by atoms with Crippen molar-refractivity contribution >= 4 is 40.5 Å². The first-order chi connectivity index (χ1) is 12.8. The number of rotatable bonds is 6. The molecule has 8 nitrogen and oxygen atoms in total. The number of benzene rings is 1. The van der Waals surface area contributed by atoms with Crippen LogP contribution >= 0.6 is 23.4 Å². The van der Waals surface area contributed by atoms with Gasteiger partial charge < -0.3 is 9.67 Å². The van der Waals surface area contributed by atoms with Gasteiger partial charge in [0.05, 0.1) is 6.54 Å². The Morgan fingerprint density at radius 2 is 2.00 bits per heavy atom. The molecule has 10 heteroatoms. The van der Waals surface area contributed by atoms with E-state index in [0.29, 0.717) is 16.6 Å². The minimum absolute atomic E-state index is 0.209. The molecule has 0 bridgehead atoms. The maximum absolute atomic E-state index is 12.4. The second kappa shape index (κ2) is 7.61. The highest BCUT2D eigenvalue weighted by atomic mass is 35.5. The standard InChI is InChI=1S/C17H17ClN4O4S/c1-3-11(15(24)25)27-17-19-13-12(14(23)20-16(26)21(13)2)22(17)8-9-4-6-10(18)7-5-9/h4-7,11H,3,8H2,1-2H3,(H,24,25)(H,20,23,26).